The van der Waals surface area contributed by atoms with Crippen molar-refractivity contribution in [2.24, 2.45) is 4.99 Å². The first-order valence-electron chi connectivity index (χ1n) is 15.4. The van der Waals surface area contributed by atoms with Gasteiger partial charge >= 0.3 is 6.03 Å². The normalized spacial score (nSPS) is 18.6. The Balaban J connectivity index is 1.62. The van der Waals surface area contributed by atoms with Gasteiger partial charge < -0.3 is 14.5 Å². The van der Waals surface area contributed by atoms with Gasteiger partial charge in [0.2, 0.25) is 0 Å². The molecule has 10 nitrogen and oxygen atoms in total. The number of ether oxygens (including phenoxy) is 1. The predicted octanol–water partition coefficient (Wildman–Crippen LogP) is 5.42. The molecule has 250 valence electrons. The molecular weight excluding hydrogens is 661 g/mol. The van der Waals surface area contributed by atoms with Crippen molar-refractivity contribution in [3.63, 3.8) is 0 Å². The third-order valence-electron chi connectivity index (χ3n) is 8.29. The van der Waals surface area contributed by atoms with E-state index < -0.39 is 21.9 Å². The molecule has 2 atom stereocenters. The monoisotopic (exact) mass is 699 g/mol. The van der Waals surface area contributed by atoms with Gasteiger partial charge in [0.15, 0.2) is 0 Å². The first kappa shape index (κ1) is 34.7. The maximum absolute atomic E-state index is 14.8. The topological polar surface area (TPSA) is 103 Å². The Bertz CT molecular complexity index is 1740. The summed E-state index contributed by atoms with van der Waals surface area (Å²) < 4.78 is 29.6. The van der Waals surface area contributed by atoms with Gasteiger partial charge in [0, 0.05) is 68.7 Å². The summed E-state index contributed by atoms with van der Waals surface area (Å²) in [7, 11) is 0.262. The highest BCUT2D eigenvalue weighted by Gasteiger charge is 2.45. The third-order valence-corrected chi connectivity index (χ3v) is 9.72. The van der Waals surface area contributed by atoms with E-state index in [4.69, 9.17) is 32.9 Å². The number of carbonyl (C=O) groups excluding carboxylic acids is 2. The number of amidine groups is 1. The van der Waals surface area contributed by atoms with Crippen LogP contribution in [-0.2, 0) is 9.84 Å². The van der Waals surface area contributed by atoms with Gasteiger partial charge in [-0.3, -0.25) is 19.6 Å². The number of urea groups is 1. The lowest BCUT2D eigenvalue weighted by Crippen LogP contribution is -2.54. The van der Waals surface area contributed by atoms with Crippen LogP contribution in [0.3, 0.4) is 0 Å². The Morgan fingerprint density at radius 3 is 2.06 bits per heavy atom. The number of rotatable bonds is 9. The van der Waals surface area contributed by atoms with Crippen LogP contribution >= 0.6 is 23.2 Å². The lowest BCUT2D eigenvalue weighted by molar-refractivity contribution is 0.0827. The van der Waals surface area contributed by atoms with Crippen molar-refractivity contribution in [3.8, 4) is 5.75 Å². The smallest absolute Gasteiger partial charge is 0.326 e. The molecule has 2 aliphatic rings. The number of hydrogen-bond donors (Lipinski definition) is 0. The van der Waals surface area contributed by atoms with Gasteiger partial charge in [0.25, 0.3) is 5.91 Å². The molecule has 1 fully saturated rings. The quantitative estimate of drug-likeness (QED) is 0.296. The van der Waals surface area contributed by atoms with E-state index in [2.05, 4.69) is 4.90 Å². The van der Waals surface area contributed by atoms with Crippen LogP contribution in [-0.4, -0.2) is 111 Å². The van der Waals surface area contributed by atoms with Crippen molar-refractivity contribution in [1.82, 2.24) is 19.6 Å². The van der Waals surface area contributed by atoms with Gasteiger partial charge in [-0.15, -0.1) is 0 Å². The highest BCUT2D eigenvalue weighted by Crippen LogP contribution is 2.45. The van der Waals surface area contributed by atoms with E-state index in [-0.39, 0.29) is 17.7 Å². The van der Waals surface area contributed by atoms with Gasteiger partial charge in [-0.05, 0) is 60.5 Å². The number of amides is 3. The second kappa shape index (κ2) is 14.6. The molecule has 1 saturated heterocycles. The fourth-order valence-electron chi connectivity index (χ4n) is 5.84. The SMILES string of the molecule is CCOc1ccc(C(=O)N(C)C)cc1C1=N[C@@H](c2ccc(Cl)cc2)[C@@H](c2ccc(Cl)cc2)N1C(=O)N1CCN(CCS(C)(=O)=O)CC1. The molecule has 0 aliphatic carbocycles. The molecule has 2 heterocycles. The number of benzene rings is 3. The summed E-state index contributed by atoms with van der Waals surface area (Å²) in [5.41, 5.74) is 2.63. The van der Waals surface area contributed by atoms with Crippen LogP contribution in [0.25, 0.3) is 0 Å². The molecule has 0 aromatic heterocycles. The van der Waals surface area contributed by atoms with E-state index >= 15 is 0 Å². The molecule has 0 saturated carbocycles. The summed E-state index contributed by atoms with van der Waals surface area (Å²) in [4.78, 5) is 40.2. The van der Waals surface area contributed by atoms with E-state index in [0.717, 1.165) is 11.1 Å². The molecule has 0 radical (unpaired) electrons. The minimum atomic E-state index is -3.11. The fourth-order valence-corrected chi connectivity index (χ4v) is 6.68. The lowest BCUT2D eigenvalue weighted by Gasteiger charge is -2.39. The molecule has 3 amide bonds. The number of halogens is 2. The Morgan fingerprint density at radius 1 is 0.915 bits per heavy atom. The largest absolute Gasteiger partial charge is 0.493 e. The van der Waals surface area contributed by atoms with Gasteiger partial charge in [0.1, 0.15) is 27.5 Å². The summed E-state index contributed by atoms with van der Waals surface area (Å²) in [6.45, 7) is 4.53. The van der Waals surface area contributed by atoms with Crippen molar-refractivity contribution in [3.05, 3.63) is 99.0 Å². The molecular formula is C34H39Cl2N5O5S. The Labute approximate surface area is 286 Å². The van der Waals surface area contributed by atoms with E-state index in [9.17, 15) is 18.0 Å². The summed E-state index contributed by atoms with van der Waals surface area (Å²) >= 11 is 12.6. The fraction of sp³-hybridized carbons (Fsp3) is 0.382. The van der Waals surface area contributed by atoms with Gasteiger partial charge in [-0.2, -0.15) is 0 Å². The van der Waals surface area contributed by atoms with Crippen LogP contribution in [0.5, 0.6) is 5.75 Å². The van der Waals surface area contributed by atoms with Crippen molar-refractivity contribution in [2.45, 2.75) is 19.0 Å². The first-order valence-corrected chi connectivity index (χ1v) is 18.2. The van der Waals surface area contributed by atoms with Gasteiger partial charge in [-0.25, -0.2) is 13.2 Å². The zero-order chi connectivity index (χ0) is 33.9. The van der Waals surface area contributed by atoms with Crippen molar-refractivity contribution in [2.75, 3.05) is 65.4 Å². The lowest BCUT2D eigenvalue weighted by atomic mass is 9.93. The van der Waals surface area contributed by atoms with E-state index in [0.29, 0.717) is 72.1 Å². The second-order valence-corrected chi connectivity index (χ2v) is 15.0. The molecule has 0 bridgehead atoms. The average Bonchev–Trinajstić information content (AvgIpc) is 3.44. The van der Waals surface area contributed by atoms with E-state index in [1.807, 2.05) is 31.2 Å². The Kier molecular flexibility index (Phi) is 10.8. The van der Waals surface area contributed by atoms with Gasteiger partial charge in [-0.1, -0.05) is 47.5 Å². The van der Waals surface area contributed by atoms with Crippen LogP contribution in [0.1, 0.15) is 46.1 Å². The molecule has 3 aromatic carbocycles. The number of hydrogen-bond acceptors (Lipinski definition) is 7. The standard InChI is InChI=1S/C34H39Cl2N5O5S/c1-5-46-29-15-10-25(33(42)38(2)3)22-28(29)32-37-30(23-6-11-26(35)12-7-23)31(24-8-13-27(36)14-9-24)41(32)34(43)40-18-16-39(17-19-40)20-21-47(4,44)45/h6-15,22,30-31H,5,16-21H2,1-4H3/t30-,31+/m0/s1. The molecule has 47 heavy (non-hydrogen) atoms. The van der Waals surface area contributed by atoms with Crippen LogP contribution in [0.2, 0.25) is 10.0 Å². The predicted molar refractivity (Wildman–Crippen MR) is 186 cm³/mol. The van der Waals surface area contributed by atoms with Crippen LogP contribution < -0.4 is 4.74 Å². The molecule has 3 aromatic rings. The van der Waals surface area contributed by atoms with E-state index in [1.54, 1.807) is 66.4 Å². The Morgan fingerprint density at radius 2 is 1.51 bits per heavy atom. The number of nitrogens with zero attached hydrogens (tertiary/aromatic N) is 5. The molecule has 2 aliphatic heterocycles. The average molecular weight is 701 g/mol. The molecule has 0 spiro atoms. The number of carbonyl (C=O) groups is 2. The molecule has 5 rings (SSSR count). The number of sulfone groups is 1. The van der Waals surface area contributed by atoms with Crippen LogP contribution in [0.4, 0.5) is 4.79 Å². The molecule has 0 N–H and O–H groups in total. The van der Waals surface area contributed by atoms with Crippen LogP contribution in [0, 0.1) is 0 Å². The first-order chi connectivity index (χ1) is 22.4. The maximum atomic E-state index is 14.8. The number of piperazine rings is 1. The number of aliphatic imine (C=N–C) groups is 1. The zero-order valence-corrected chi connectivity index (χ0v) is 29.2. The van der Waals surface area contributed by atoms with Crippen molar-refractivity contribution < 1.29 is 22.7 Å². The second-order valence-electron chi connectivity index (χ2n) is 11.9. The maximum Gasteiger partial charge on any atom is 0.326 e. The van der Waals surface area contributed by atoms with Gasteiger partial charge in [0.05, 0.1) is 24.0 Å². The van der Waals surface area contributed by atoms with Crippen LogP contribution in [0.15, 0.2) is 71.7 Å². The molecule has 0 unspecified atom stereocenters. The summed E-state index contributed by atoms with van der Waals surface area (Å²) in [5, 5.41) is 1.14. The third kappa shape index (κ3) is 8.09. The zero-order valence-electron chi connectivity index (χ0n) is 26.9. The van der Waals surface area contributed by atoms with E-state index in [1.165, 1.54) is 11.2 Å². The molecule has 13 heteroatoms. The highest BCUT2D eigenvalue weighted by molar-refractivity contribution is 7.90. The summed E-state index contributed by atoms with van der Waals surface area (Å²) in [6, 6.07) is 18.6. The minimum absolute atomic E-state index is 0.0630. The van der Waals surface area contributed by atoms with Crippen molar-refractivity contribution >= 4 is 50.8 Å². The summed E-state index contributed by atoms with van der Waals surface area (Å²) in [6.07, 6.45) is 1.23. The summed E-state index contributed by atoms with van der Waals surface area (Å²) in [5.74, 6) is 0.746. The Hall–Kier alpha value is -3.64. The highest BCUT2D eigenvalue weighted by atomic mass is 35.5. The van der Waals surface area contributed by atoms with Crippen molar-refractivity contribution in [1.29, 1.82) is 0 Å². The minimum Gasteiger partial charge on any atom is -0.493 e.